The summed E-state index contributed by atoms with van der Waals surface area (Å²) >= 11 is 0. The fourth-order valence-corrected chi connectivity index (χ4v) is 0. The minimum atomic E-state index is 0. The van der Waals surface area contributed by atoms with Crippen LogP contribution < -0.4 is 11.5 Å². The summed E-state index contributed by atoms with van der Waals surface area (Å²) in [5, 5.41) is 0. The number of terminal acetylenes is 2. The Labute approximate surface area is 218 Å². The van der Waals surface area contributed by atoms with Crippen LogP contribution in [0.2, 0.25) is 0 Å². The molecule has 0 aromatic heterocycles. The number of hydrogen-bond donors (Lipinski definition) is 2. The van der Waals surface area contributed by atoms with Gasteiger partial charge in [0.1, 0.15) is 0 Å². The van der Waals surface area contributed by atoms with Crippen molar-refractivity contribution in [3.8, 4) is 25.7 Å². The summed E-state index contributed by atoms with van der Waals surface area (Å²) in [7, 11) is 0. The summed E-state index contributed by atoms with van der Waals surface area (Å²) in [4.78, 5) is 0. The molecule has 0 aromatic rings. The van der Waals surface area contributed by atoms with Crippen molar-refractivity contribution in [2.45, 2.75) is 0 Å². The van der Waals surface area contributed by atoms with E-state index in [1.165, 1.54) is 0 Å². The standard InChI is InChI=1S/C2H8N2.2C2H2.20B/c3-1-2-4;2*1-2;;;;;;;;;;;;;;;;;;;;/h1-4H2;2*1-2H;;;;;;;;;;;;;;;;;;;;. The van der Waals surface area contributed by atoms with Gasteiger partial charge < -0.3 is 11.5 Å². The number of hydrogen-bond acceptors (Lipinski definition) is 2. The SMILES string of the molecule is C#C.C#C.NCCN.[B].[B].[B].[B].[B].[B].[B].[B].[B].[B].[B].[B].[B].[B].[B].[B].[B].[B].[B].[B]. The maximum Gasteiger partial charge on any atom is 0.00461 e. The molecule has 4 N–H and O–H groups in total. The van der Waals surface area contributed by atoms with Crippen LogP contribution in [-0.2, 0) is 0 Å². The molecular weight excluding hydrogens is 316 g/mol. The number of rotatable bonds is 1. The van der Waals surface area contributed by atoms with Crippen molar-refractivity contribution in [2.75, 3.05) is 13.1 Å². The molecule has 106 valence electrons. The lowest BCUT2D eigenvalue weighted by atomic mass is 10.7. The van der Waals surface area contributed by atoms with Crippen LogP contribution >= 0.6 is 0 Å². The zero-order valence-corrected chi connectivity index (χ0v) is 16.4. The third-order valence-electron chi connectivity index (χ3n) is 0.167. The first-order valence-electron chi connectivity index (χ1n) is 1.98. The molecule has 28 heavy (non-hydrogen) atoms. The molecule has 0 spiro atoms. The molecule has 2 nitrogen and oxygen atoms in total. The summed E-state index contributed by atoms with van der Waals surface area (Å²) in [5.41, 5.74) is 9.81. The van der Waals surface area contributed by atoms with E-state index in [0.717, 1.165) is 0 Å². The zero-order chi connectivity index (χ0) is 7.41. The molecule has 0 saturated carbocycles. The Morgan fingerprint density at radius 1 is 0.250 bits per heavy atom. The van der Waals surface area contributed by atoms with Crippen LogP contribution in [0.4, 0.5) is 0 Å². The van der Waals surface area contributed by atoms with Gasteiger partial charge in [-0.25, -0.2) is 0 Å². The Bertz CT molecular complexity index is 61.1. The van der Waals surface area contributed by atoms with Crippen molar-refractivity contribution in [2.24, 2.45) is 11.5 Å². The van der Waals surface area contributed by atoms with Crippen LogP contribution in [0.25, 0.3) is 0 Å². The lowest BCUT2D eigenvalue weighted by Crippen LogP contribution is -2.11. The van der Waals surface area contributed by atoms with Crippen molar-refractivity contribution < 1.29 is 0 Å². The van der Waals surface area contributed by atoms with Crippen LogP contribution in [-0.4, -0.2) is 181 Å². The average Bonchev–Trinajstić information content (AvgIpc) is 1.96. The summed E-state index contributed by atoms with van der Waals surface area (Å²) in [6.07, 6.45) is 16.0. The highest BCUT2D eigenvalue weighted by Crippen LogP contribution is 1.24. The molecule has 60 radical (unpaired) electrons. The van der Waals surface area contributed by atoms with E-state index in [2.05, 4.69) is 25.7 Å². The molecule has 0 amide bonds. The van der Waals surface area contributed by atoms with Crippen LogP contribution in [0.15, 0.2) is 0 Å². The van der Waals surface area contributed by atoms with Gasteiger partial charge in [-0.3, -0.25) is 0 Å². The van der Waals surface area contributed by atoms with E-state index in [9.17, 15) is 0 Å². The Morgan fingerprint density at radius 3 is 0.286 bits per heavy atom. The predicted molar refractivity (Wildman–Crippen MR) is 153 cm³/mol. The summed E-state index contributed by atoms with van der Waals surface area (Å²) in [6.45, 7) is 1.19. The van der Waals surface area contributed by atoms with Crippen molar-refractivity contribution >= 4 is 168 Å². The Hall–Kier alpha value is 0.339. The second kappa shape index (κ2) is 3470. The largest absolute Gasteiger partial charge is 0.329 e. The molecule has 0 bridgehead atoms. The van der Waals surface area contributed by atoms with E-state index in [4.69, 9.17) is 11.5 Å². The average molecular weight is 328 g/mol. The fourth-order valence-electron chi connectivity index (χ4n) is 0. The lowest BCUT2D eigenvalue weighted by molar-refractivity contribution is 0.976. The quantitative estimate of drug-likeness (QED) is 0.371. The highest BCUT2D eigenvalue weighted by atomic mass is 14.6. The molecule has 0 aliphatic rings. The van der Waals surface area contributed by atoms with Gasteiger partial charge in [0.2, 0.25) is 0 Å². The summed E-state index contributed by atoms with van der Waals surface area (Å²) < 4.78 is 0. The third kappa shape index (κ3) is 9440. The first-order valence-corrected chi connectivity index (χ1v) is 1.98. The smallest absolute Gasteiger partial charge is 0.00461 e. The summed E-state index contributed by atoms with van der Waals surface area (Å²) in [6, 6.07) is 0. The van der Waals surface area contributed by atoms with Crippen LogP contribution in [0, 0.1) is 25.7 Å². The van der Waals surface area contributed by atoms with Gasteiger partial charge in [-0.1, -0.05) is 0 Å². The molecule has 22 heteroatoms. The maximum atomic E-state index is 4.90. The molecule has 0 aliphatic heterocycles. The molecule has 0 fully saturated rings. The van der Waals surface area contributed by atoms with E-state index < -0.39 is 0 Å². The van der Waals surface area contributed by atoms with Gasteiger partial charge in [-0.15, -0.1) is 25.7 Å². The number of nitrogens with two attached hydrogens (primary N) is 2. The van der Waals surface area contributed by atoms with Gasteiger partial charge in [0.25, 0.3) is 0 Å². The van der Waals surface area contributed by atoms with E-state index in [1.807, 2.05) is 0 Å². The van der Waals surface area contributed by atoms with Gasteiger partial charge in [0, 0.05) is 181 Å². The minimum Gasteiger partial charge on any atom is -0.329 e. The molecular formula is C6H12B20N2. The van der Waals surface area contributed by atoms with E-state index in [0.29, 0.717) is 13.1 Å². The van der Waals surface area contributed by atoms with E-state index in [1.54, 1.807) is 0 Å². The molecule has 0 aliphatic carbocycles. The normalized spacial score (nSPS) is 1.21. The molecule has 0 saturated heterocycles. The van der Waals surface area contributed by atoms with Crippen LogP contribution in [0.3, 0.4) is 0 Å². The first-order chi connectivity index (χ1) is 3.91. The highest BCUT2D eigenvalue weighted by molar-refractivity contribution is 5.77. The molecule has 0 unspecified atom stereocenters. The molecule has 0 rings (SSSR count). The topological polar surface area (TPSA) is 52.0 Å². The first kappa shape index (κ1) is 743. The maximum absolute atomic E-state index is 4.90. The van der Waals surface area contributed by atoms with Gasteiger partial charge in [0.15, 0.2) is 0 Å². The predicted octanol–water partition coefficient (Wildman–Crippen LogP) is -8.21. The minimum absolute atomic E-state index is 0. The Morgan fingerprint density at radius 2 is 0.286 bits per heavy atom. The van der Waals surface area contributed by atoms with Gasteiger partial charge in [0.05, 0.1) is 0 Å². The van der Waals surface area contributed by atoms with Crippen molar-refractivity contribution in [1.29, 1.82) is 0 Å². The molecule has 0 heterocycles. The fraction of sp³-hybridized carbons (Fsp3) is 0.333. The molecule has 0 atom stereocenters. The van der Waals surface area contributed by atoms with Gasteiger partial charge in [-0.2, -0.15) is 0 Å². The summed E-state index contributed by atoms with van der Waals surface area (Å²) in [5.74, 6) is 0. The van der Waals surface area contributed by atoms with Gasteiger partial charge >= 0.3 is 0 Å². The van der Waals surface area contributed by atoms with Crippen molar-refractivity contribution in [3.63, 3.8) is 0 Å². The Kier molecular flexibility index (Phi) is 92000. The highest BCUT2D eigenvalue weighted by Gasteiger charge is 1.54. The third-order valence-corrected chi connectivity index (χ3v) is 0.167. The van der Waals surface area contributed by atoms with Crippen molar-refractivity contribution in [3.05, 3.63) is 0 Å². The second-order valence-electron chi connectivity index (χ2n) is 0.577. The van der Waals surface area contributed by atoms with Crippen LogP contribution in [0.5, 0.6) is 0 Å². The van der Waals surface area contributed by atoms with Crippen LogP contribution in [0.1, 0.15) is 0 Å². The Balaban J connectivity index is -0.000000000481. The second-order valence-corrected chi connectivity index (χ2v) is 0.577. The van der Waals surface area contributed by atoms with E-state index >= 15 is 0 Å². The lowest BCUT2D eigenvalue weighted by Gasteiger charge is -1.72. The zero-order valence-electron chi connectivity index (χ0n) is 16.4. The molecule has 0 aromatic carbocycles. The monoisotopic (exact) mass is 332 g/mol. The van der Waals surface area contributed by atoms with Gasteiger partial charge in [-0.05, 0) is 0 Å². The van der Waals surface area contributed by atoms with Crippen molar-refractivity contribution in [1.82, 2.24) is 0 Å². The van der Waals surface area contributed by atoms with E-state index in [-0.39, 0.29) is 168 Å².